The van der Waals surface area contributed by atoms with Crippen molar-refractivity contribution < 1.29 is 22.8 Å². The second-order valence-electron chi connectivity index (χ2n) is 4.49. The highest BCUT2D eigenvalue weighted by Gasteiger charge is 2.57. The molecule has 3 amide bonds. The number of imide groups is 1. The van der Waals surface area contributed by atoms with Gasteiger partial charge in [-0.3, -0.25) is 4.79 Å². The van der Waals surface area contributed by atoms with Crippen LogP contribution in [0.4, 0.5) is 23.8 Å². The van der Waals surface area contributed by atoms with Gasteiger partial charge in [-0.2, -0.15) is 0 Å². The minimum atomic E-state index is -3.04. The summed E-state index contributed by atoms with van der Waals surface area (Å²) in [5, 5.41) is 0. The van der Waals surface area contributed by atoms with Gasteiger partial charge >= 0.3 is 6.03 Å². The number of rotatable bonds is 1. The lowest BCUT2D eigenvalue weighted by atomic mass is 10.2. The Balaban J connectivity index is 1.93. The normalized spacial score (nSPS) is 25.1. The third-order valence-electron chi connectivity index (χ3n) is 3.15. The van der Waals surface area contributed by atoms with Crippen LogP contribution in [0.25, 0.3) is 0 Å². The Kier molecular flexibility index (Phi) is 2.32. The van der Waals surface area contributed by atoms with Crippen molar-refractivity contribution in [3.8, 4) is 0 Å². The van der Waals surface area contributed by atoms with E-state index < -0.39 is 42.7 Å². The third kappa shape index (κ3) is 1.74. The Morgan fingerprint density at radius 2 is 2.05 bits per heavy atom. The van der Waals surface area contributed by atoms with E-state index in [1.165, 1.54) is 0 Å². The molecular weight excluding hydrogens is 263 g/mol. The first kappa shape index (κ1) is 11.9. The molecule has 0 unspecified atom stereocenters. The summed E-state index contributed by atoms with van der Waals surface area (Å²) < 4.78 is 39.1. The number of alkyl halides is 2. The van der Waals surface area contributed by atoms with Gasteiger partial charge < -0.3 is 4.90 Å². The molecule has 8 heteroatoms. The molecule has 100 valence electrons. The molecule has 5 nitrogen and oxygen atoms in total. The molecule has 0 aliphatic carbocycles. The van der Waals surface area contributed by atoms with Crippen LogP contribution < -0.4 is 4.90 Å². The molecular formula is C11H8F3N3O2. The first-order chi connectivity index (χ1) is 8.89. The highest BCUT2D eigenvalue weighted by Crippen LogP contribution is 2.38. The van der Waals surface area contributed by atoms with Gasteiger partial charge in [-0.1, -0.05) is 0 Å². The third-order valence-corrected chi connectivity index (χ3v) is 3.15. The second-order valence-corrected chi connectivity index (χ2v) is 4.49. The molecule has 1 atom stereocenters. The van der Waals surface area contributed by atoms with E-state index >= 15 is 0 Å². The van der Waals surface area contributed by atoms with Gasteiger partial charge in [0.05, 0.1) is 12.7 Å². The number of pyridine rings is 1. The van der Waals surface area contributed by atoms with Gasteiger partial charge in [0.1, 0.15) is 17.7 Å². The number of carbonyl (C=O) groups excluding carboxylic acids is 2. The molecule has 3 heterocycles. The maximum atomic E-state index is 13.2. The molecule has 2 aliphatic rings. The average Bonchev–Trinajstić information content (AvgIpc) is 2.77. The second kappa shape index (κ2) is 3.69. The van der Waals surface area contributed by atoms with Gasteiger partial charge in [0.25, 0.3) is 11.8 Å². The highest BCUT2D eigenvalue weighted by molar-refractivity contribution is 6.21. The molecule has 0 aromatic carbocycles. The zero-order chi connectivity index (χ0) is 13.8. The lowest BCUT2D eigenvalue weighted by Gasteiger charge is -2.16. The van der Waals surface area contributed by atoms with Crippen molar-refractivity contribution in [2.75, 3.05) is 11.4 Å². The van der Waals surface area contributed by atoms with Crippen LogP contribution in [0.15, 0.2) is 18.3 Å². The Bertz CT molecular complexity index is 535. The first-order valence-electron chi connectivity index (χ1n) is 5.53. The summed E-state index contributed by atoms with van der Waals surface area (Å²) in [5.41, 5.74) is 0. The molecule has 19 heavy (non-hydrogen) atoms. The zero-order valence-corrected chi connectivity index (χ0v) is 9.52. The number of hydrogen-bond donors (Lipinski definition) is 0. The molecule has 0 bridgehead atoms. The van der Waals surface area contributed by atoms with Crippen molar-refractivity contribution in [3.05, 3.63) is 24.1 Å². The fraction of sp³-hybridized carbons (Fsp3) is 0.364. The van der Waals surface area contributed by atoms with Crippen molar-refractivity contribution in [1.82, 2.24) is 9.88 Å². The highest BCUT2D eigenvalue weighted by atomic mass is 19.3. The molecule has 1 aromatic rings. The number of fused-ring (bicyclic) bond motifs is 1. The van der Waals surface area contributed by atoms with Gasteiger partial charge in [-0.25, -0.2) is 27.8 Å². The molecule has 0 spiro atoms. The van der Waals surface area contributed by atoms with Crippen molar-refractivity contribution in [2.45, 2.75) is 18.4 Å². The lowest BCUT2D eigenvalue weighted by molar-refractivity contribution is -0.119. The topological polar surface area (TPSA) is 53.5 Å². The van der Waals surface area contributed by atoms with Crippen LogP contribution >= 0.6 is 0 Å². The molecule has 0 saturated carbocycles. The van der Waals surface area contributed by atoms with Crippen molar-refractivity contribution in [3.63, 3.8) is 0 Å². The maximum Gasteiger partial charge on any atom is 0.333 e. The maximum absolute atomic E-state index is 13.2. The van der Waals surface area contributed by atoms with Crippen LogP contribution in [-0.4, -0.2) is 40.3 Å². The quantitative estimate of drug-likeness (QED) is 0.725. The lowest BCUT2D eigenvalue weighted by Crippen LogP contribution is -2.37. The number of carbonyl (C=O) groups is 2. The van der Waals surface area contributed by atoms with Crippen LogP contribution in [0.5, 0.6) is 0 Å². The summed E-state index contributed by atoms with van der Waals surface area (Å²) in [6, 6.07) is 0.201. The van der Waals surface area contributed by atoms with Crippen LogP contribution in [0.2, 0.25) is 0 Å². The summed E-state index contributed by atoms with van der Waals surface area (Å²) in [7, 11) is 0. The SMILES string of the molecule is O=C1[C@@H]2CC(F)(F)CN2C(=O)N1c1ccc(F)cn1. The van der Waals surface area contributed by atoms with E-state index in [1.54, 1.807) is 0 Å². The summed E-state index contributed by atoms with van der Waals surface area (Å²) in [6.45, 7) is -0.778. The Labute approximate surface area is 105 Å². The largest absolute Gasteiger partial charge is 0.333 e. The minimum absolute atomic E-state index is 0.0610. The Morgan fingerprint density at radius 3 is 2.63 bits per heavy atom. The van der Waals surface area contributed by atoms with E-state index in [4.69, 9.17) is 0 Å². The molecule has 1 aromatic heterocycles. The van der Waals surface area contributed by atoms with Crippen molar-refractivity contribution >= 4 is 17.8 Å². The smallest absolute Gasteiger partial charge is 0.306 e. The summed E-state index contributed by atoms with van der Waals surface area (Å²) in [6.07, 6.45) is 0.170. The fourth-order valence-corrected chi connectivity index (χ4v) is 2.32. The van der Waals surface area contributed by atoms with Crippen LogP contribution in [0, 0.1) is 5.82 Å². The number of hydrogen-bond acceptors (Lipinski definition) is 3. The van der Waals surface area contributed by atoms with Gasteiger partial charge in [0, 0.05) is 6.42 Å². The zero-order valence-electron chi connectivity index (χ0n) is 9.52. The predicted octanol–water partition coefficient (Wildman–Crippen LogP) is 1.40. The van der Waals surface area contributed by atoms with Gasteiger partial charge in [0.15, 0.2) is 0 Å². The number of nitrogens with zero attached hydrogens (tertiary/aromatic N) is 3. The number of aromatic nitrogens is 1. The van der Waals surface area contributed by atoms with E-state index in [0.29, 0.717) is 4.90 Å². The van der Waals surface area contributed by atoms with Crippen molar-refractivity contribution in [1.29, 1.82) is 0 Å². The van der Waals surface area contributed by atoms with Crippen LogP contribution in [0.1, 0.15) is 6.42 Å². The van der Waals surface area contributed by atoms with E-state index in [2.05, 4.69) is 4.98 Å². The number of amides is 3. The molecule has 2 fully saturated rings. The van der Waals surface area contributed by atoms with Crippen LogP contribution in [-0.2, 0) is 4.79 Å². The summed E-state index contributed by atoms with van der Waals surface area (Å²) in [5.74, 6) is -4.47. The Morgan fingerprint density at radius 1 is 1.32 bits per heavy atom. The number of anilines is 1. The van der Waals surface area contributed by atoms with Gasteiger partial charge in [0.2, 0.25) is 0 Å². The first-order valence-corrected chi connectivity index (χ1v) is 5.53. The molecule has 0 N–H and O–H groups in total. The minimum Gasteiger partial charge on any atom is -0.306 e. The van der Waals surface area contributed by atoms with Gasteiger partial charge in [-0.05, 0) is 12.1 Å². The number of halogens is 3. The van der Waals surface area contributed by atoms with Crippen LogP contribution in [0.3, 0.4) is 0 Å². The summed E-state index contributed by atoms with van der Waals surface area (Å²) in [4.78, 5) is 29.1. The van der Waals surface area contributed by atoms with E-state index in [1.807, 2.05) is 0 Å². The summed E-state index contributed by atoms with van der Waals surface area (Å²) >= 11 is 0. The standard InChI is InChI=1S/C11H8F3N3O2/c12-6-1-2-8(15-4-6)17-9(18)7-3-11(13,14)5-16(7)10(17)19/h1-2,4,7H,3,5H2/t7-/m0/s1. The van der Waals surface area contributed by atoms with E-state index in [-0.39, 0.29) is 5.82 Å². The molecule has 0 radical (unpaired) electrons. The molecule has 2 saturated heterocycles. The van der Waals surface area contributed by atoms with Gasteiger partial charge in [-0.15, -0.1) is 0 Å². The molecule has 2 aliphatic heterocycles. The van der Waals surface area contributed by atoms with Crippen molar-refractivity contribution in [2.24, 2.45) is 0 Å². The average molecular weight is 271 g/mol. The molecule has 3 rings (SSSR count). The van der Waals surface area contributed by atoms with E-state index in [0.717, 1.165) is 23.2 Å². The number of urea groups is 1. The Hall–Kier alpha value is -2.12. The fourth-order valence-electron chi connectivity index (χ4n) is 2.32. The van der Waals surface area contributed by atoms with E-state index in [9.17, 15) is 22.8 Å². The predicted molar refractivity (Wildman–Crippen MR) is 57.1 cm³/mol. The monoisotopic (exact) mass is 271 g/mol.